The number of hydrogen-bond acceptors (Lipinski definition) is 4. The number of nitrogens with one attached hydrogen (secondary N) is 2. The molecule has 0 aliphatic heterocycles. The number of benzene rings is 3. The van der Waals surface area contributed by atoms with Gasteiger partial charge in [0.1, 0.15) is 6.04 Å². The maximum Gasteiger partial charge on any atom is 0.241 e. The van der Waals surface area contributed by atoms with E-state index in [4.69, 9.17) is 9.47 Å². The fourth-order valence-electron chi connectivity index (χ4n) is 3.80. The lowest BCUT2D eigenvalue weighted by Gasteiger charge is -2.26. The van der Waals surface area contributed by atoms with Crippen LogP contribution < -0.4 is 20.1 Å². The first-order valence-electron chi connectivity index (χ1n) is 10.9. The molecule has 3 aromatic carbocycles. The van der Waals surface area contributed by atoms with Crippen molar-refractivity contribution in [3.8, 4) is 11.5 Å². The smallest absolute Gasteiger partial charge is 0.241 e. The molecular formula is C27H32N2O3. The lowest BCUT2D eigenvalue weighted by Crippen LogP contribution is -2.38. The van der Waals surface area contributed by atoms with Gasteiger partial charge in [0.25, 0.3) is 0 Å². The molecule has 0 heterocycles. The number of carbonyl (C=O) groups excluding carboxylic acids is 1. The topological polar surface area (TPSA) is 59.6 Å². The van der Waals surface area contributed by atoms with Gasteiger partial charge >= 0.3 is 0 Å². The molecular weight excluding hydrogens is 400 g/mol. The molecule has 0 fully saturated rings. The quantitative estimate of drug-likeness (QED) is 0.485. The monoisotopic (exact) mass is 432 g/mol. The molecule has 0 spiro atoms. The number of hydrogen-bond donors (Lipinski definition) is 2. The Morgan fingerprint density at radius 2 is 1.56 bits per heavy atom. The van der Waals surface area contributed by atoms with Crippen LogP contribution in [0.1, 0.15) is 40.8 Å². The van der Waals surface area contributed by atoms with Crippen LogP contribution in [0, 0.1) is 6.92 Å². The summed E-state index contributed by atoms with van der Waals surface area (Å²) in [6, 6.07) is 23.7. The van der Waals surface area contributed by atoms with E-state index in [0.29, 0.717) is 11.5 Å². The number of likely N-dealkylation sites (N-methyl/N-ethyl adjacent to an activating group) is 1. The van der Waals surface area contributed by atoms with Gasteiger partial charge in [0, 0.05) is 13.1 Å². The van der Waals surface area contributed by atoms with Gasteiger partial charge in [0.05, 0.1) is 14.2 Å². The van der Waals surface area contributed by atoms with E-state index in [1.807, 2.05) is 48.5 Å². The van der Waals surface area contributed by atoms with Crippen LogP contribution in [-0.4, -0.2) is 27.2 Å². The summed E-state index contributed by atoms with van der Waals surface area (Å²) in [4.78, 5) is 12.8. The zero-order valence-corrected chi connectivity index (χ0v) is 19.2. The second-order valence-electron chi connectivity index (χ2n) is 7.82. The van der Waals surface area contributed by atoms with E-state index in [1.165, 1.54) is 11.1 Å². The van der Waals surface area contributed by atoms with Gasteiger partial charge in [0.15, 0.2) is 11.5 Å². The molecule has 2 N–H and O–H groups in total. The first-order valence-corrected chi connectivity index (χ1v) is 10.9. The number of methoxy groups -OCH3 is 2. The molecule has 1 amide bonds. The molecule has 0 aliphatic carbocycles. The van der Waals surface area contributed by atoms with Gasteiger partial charge in [-0.1, -0.05) is 66.2 Å². The lowest BCUT2D eigenvalue weighted by atomic mass is 9.95. The summed E-state index contributed by atoms with van der Waals surface area (Å²) in [6.45, 7) is 2.09. The molecule has 5 heteroatoms. The molecule has 0 bridgehead atoms. The first-order chi connectivity index (χ1) is 15.5. The molecule has 3 aromatic rings. The predicted molar refractivity (Wildman–Crippen MR) is 128 cm³/mol. The van der Waals surface area contributed by atoms with Crippen molar-refractivity contribution >= 4 is 5.91 Å². The molecule has 32 heavy (non-hydrogen) atoms. The molecule has 0 aromatic heterocycles. The van der Waals surface area contributed by atoms with E-state index in [2.05, 4.69) is 41.8 Å². The average molecular weight is 433 g/mol. The van der Waals surface area contributed by atoms with Gasteiger partial charge < -0.3 is 14.8 Å². The Bertz CT molecular complexity index is 1000. The van der Waals surface area contributed by atoms with Gasteiger partial charge in [-0.15, -0.1) is 0 Å². The minimum Gasteiger partial charge on any atom is -0.493 e. The highest BCUT2D eigenvalue weighted by atomic mass is 16.5. The van der Waals surface area contributed by atoms with Crippen molar-refractivity contribution in [1.29, 1.82) is 0 Å². The van der Waals surface area contributed by atoms with Crippen molar-refractivity contribution in [2.75, 3.05) is 21.3 Å². The van der Waals surface area contributed by atoms with Crippen molar-refractivity contribution in [1.82, 2.24) is 10.6 Å². The van der Waals surface area contributed by atoms with Gasteiger partial charge in [-0.2, -0.15) is 0 Å². The van der Waals surface area contributed by atoms with Crippen LogP contribution in [0.5, 0.6) is 11.5 Å². The number of rotatable bonds is 10. The first kappa shape index (κ1) is 23.4. The number of aryl methyl sites for hydroxylation is 2. The van der Waals surface area contributed by atoms with Gasteiger partial charge in [0.2, 0.25) is 5.91 Å². The van der Waals surface area contributed by atoms with Crippen molar-refractivity contribution in [3.63, 3.8) is 0 Å². The summed E-state index contributed by atoms with van der Waals surface area (Å²) in [5.41, 5.74) is 4.47. The molecule has 168 valence electrons. The summed E-state index contributed by atoms with van der Waals surface area (Å²) in [6.07, 6.45) is 1.69. The minimum atomic E-state index is -0.475. The normalized spacial score (nSPS) is 12.6. The zero-order chi connectivity index (χ0) is 22.9. The molecule has 0 unspecified atom stereocenters. The number of amides is 1. The van der Waals surface area contributed by atoms with Crippen LogP contribution in [0.15, 0.2) is 72.8 Å². The Morgan fingerprint density at radius 1 is 0.875 bits per heavy atom. The third-order valence-corrected chi connectivity index (χ3v) is 5.66. The zero-order valence-electron chi connectivity index (χ0n) is 19.2. The van der Waals surface area contributed by atoms with Gasteiger partial charge in [-0.25, -0.2) is 0 Å². The van der Waals surface area contributed by atoms with Crippen molar-refractivity contribution in [2.24, 2.45) is 0 Å². The second-order valence-corrected chi connectivity index (χ2v) is 7.82. The average Bonchev–Trinajstić information content (AvgIpc) is 2.85. The van der Waals surface area contributed by atoms with E-state index in [-0.39, 0.29) is 11.9 Å². The Kier molecular flexibility index (Phi) is 8.28. The maximum absolute atomic E-state index is 12.8. The third kappa shape index (κ3) is 5.89. The van der Waals surface area contributed by atoms with Crippen LogP contribution in [0.4, 0.5) is 0 Å². The van der Waals surface area contributed by atoms with Crippen LogP contribution in [0.2, 0.25) is 0 Å². The standard InChI is InChI=1S/C27H32N2O3/c1-19-10-12-20(13-11-19)14-16-23(22-15-17-24(31-3)25(18-22)32-4)29-26(27(30)28-2)21-8-6-5-7-9-21/h5-13,15,17-18,23,26,29H,14,16H2,1-4H3,(H,28,30)/t23-,26-/m0/s1. The third-order valence-electron chi connectivity index (χ3n) is 5.66. The van der Waals surface area contributed by atoms with Crippen molar-refractivity contribution in [2.45, 2.75) is 31.8 Å². The van der Waals surface area contributed by atoms with E-state index < -0.39 is 6.04 Å². The van der Waals surface area contributed by atoms with Crippen LogP contribution in [-0.2, 0) is 11.2 Å². The van der Waals surface area contributed by atoms with Crippen LogP contribution in [0.25, 0.3) is 0 Å². The molecule has 5 nitrogen and oxygen atoms in total. The minimum absolute atomic E-state index is 0.0707. The van der Waals surface area contributed by atoms with E-state index in [9.17, 15) is 4.79 Å². The Morgan fingerprint density at radius 3 is 2.19 bits per heavy atom. The van der Waals surface area contributed by atoms with Crippen LogP contribution in [0.3, 0.4) is 0 Å². The van der Waals surface area contributed by atoms with Crippen LogP contribution >= 0.6 is 0 Å². The molecule has 3 rings (SSSR count). The molecule has 0 saturated heterocycles. The summed E-state index contributed by atoms with van der Waals surface area (Å²) >= 11 is 0. The highest BCUT2D eigenvalue weighted by molar-refractivity contribution is 5.83. The summed E-state index contributed by atoms with van der Waals surface area (Å²) in [5.74, 6) is 1.28. The fraction of sp³-hybridized carbons (Fsp3) is 0.296. The molecule has 0 radical (unpaired) electrons. The summed E-state index contributed by atoms with van der Waals surface area (Å²) in [7, 11) is 4.92. The van der Waals surface area contributed by atoms with Crippen molar-refractivity contribution < 1.29 is 14.3 Å². The molecule has 0 aliphatic rings. The maximum atomic E-state index is 12.8. The Labute approximate surface area is 190 Å². The van der Waals surface area contributed by atoms with E-state index >= 15 is 0 Å². The fourth-order valence-corrected chi connectivity index (χ4v) is 3.80. The number of carbonyl (C=O) groups is 1. The highest BCUT2D eigenvalue weighted by Crippen LogP contribution is 2.32. The SMILES string of the molecule is CNC(=O)[C@@H](N[C@@H](CCc1ccc(C)cc1)c1ccc(OC)c(OC)c1)c1ccccc1. The lowest BCUT2D eigenvalue weighted by molar-refractivity contribution is -0.123. The Hall–Kier alpha value is -3.31. The van der Waals surface area contributed by atoms with E-state index in [0.717, 1.165) is 24.0 Å². The highest BCUT2D eigenvalue weighted by Gasteiger charge is 2.24. The van der Waals surface area contributed by atoms with E-state index in [1.54, 1.807) is 21.3 Å². The predicted octanol–water partition coefficient (Wildman–Crippen LogP) is 4.76. The summed E-state index contributed by atoms with van der Waals surface area (Å²) in [5, 5.41) is 6.39. The van der Waals surface area contributed by atoms with Crippen molar-refractivity contribution in [3.05, 3.63) is 95.1 Å². The number of ether oxygens (including phenoxy) is 2. The second kappa shape index (κ2) is 11.3. The molecule has 2 atom stereocenters. The van der Waals surface area contributed by atoms with Gasteiger partial charge in [-0.05, 0) is 48.6 Å². The largest absolute Gasteiger partial charge is 0.493 e. The van der Waals surface area contributed by atoms with Gasteiger partial charge in [-0.3, -0.25) is 10.1 Å². The Balaban J connectivity index is 1.93. The summed E-state index contributed by atoms with van der Waals surface area (Å²) < 4.78 is 10.9. The molecule has 0 saturated carbocycles.